The molecule has 2 N–H and O–H groups in total. The van der Waals surface area contributed by atoms with E-state index in [-0.39, 0.29) is 0 Å². The lowest BCUT2D eigenvalue weighted by atomic mass is 10.3. The Kier molecular flexibility index (Phi) is 7.17. The fourth-order valence-electron chi connectivity index (χ4n) is 1.28. The molecule has 0 bridgehead atoms. The van der Waals surface area contributed by atoms with Gasteiger partial charge in [0.15, 0.2) is 0 Å². The number of thioether (sulfide) groups is 2. The first-order chi connectivity index (χ1) is 6.43. The van der Waals surface area contributed by atoms with Gasteiger partial charge in [-0.25, -0.2) is 0 Å². The molecular weight excluding hydrogens is 202 g/mol. The van der Waals surface area contributed by atoms with Crippen LogP contribution >= 0.6 is 23.5 Å². The Balaban J connectivity index is 1.86. The maximum atomic E-state index is 8.58. The van der Waals surface area contributed by atoms with Crippen LogP contribution in [0.25, 0.3) is 0 Å². The third kappa shape index (κ3) is 5.83. The molecule has 0 aromatic heterocycles. The predicted octanol–water partition coefficient (Wildman–Crippen LogP) is 1.20. The Labute approximate surface area is 89.2 Å². The maximum Gasteiger partial charge on any atom is 0.0431 e. The van der Waals surface area contributed by atoms with Crippen LogP contribution in [0.3, 0.4) is 0 Å². The zero-order chi connectivity index (χ0) is 9.36. The van der Waals surface area contributed by atoms with Crippen molar-refractivity contribution in [3.05, 3.63) is 0 Å². The Morgan fingerprint density at radius 1 is 1.31 bits per heavy atom. The second-order valence-corrected chi connectivity index (χ2v) is 5.76. The first-order valence-electron chi connectivity index (χ1n) is 4.94. The zero-order valence-electron chi connectivity index (χ0n) is 8.00. The molecule has 2 nitrogen and oxygen atoms in total. The fraction of sp³-hybridized carbons (Fsp3) is 1.00. The van der Waals surface area contributed by atoms with Gasteiger partial charge in [0.2, 0.25) is 0 Å². The van der Waals surface area contributed by atoms with Crippen molar-refractivity contribution in [2.75, 3.05) is 37.0 Å². The molecule has 1 aliphatic rings. The van der Waals surface area contributed by atoms with Crippen LogP contribution in [-0.4, -0.2) is 47.3 Å². The van der Waals surface area contributed by atoms with Crippen molar-refractivity contribution >= 4 is 23.5 Å². The lowest BCUT2D eigenvalue weighted by molar-refractivity contribution is 0.284. The highest BCUT2D eigenvalue weighted by Gasteiger charge is 2.12. The van der Waals surface area contributed by atoms with Gasteiger partial charge in [-0.2, -0.15) is 23.5 Å². The van der Waals surface area contributed by atoms with Crippen LogP contribution < -0.4 is 5.32 Å². The van der Waals surface area contributed by atoms with Crippen molar-refractivity contribution in [1.82, 2.24) is 5.32 Å². The van der Waals surface area contributed by atoms with Crippen LogP contribution in [-0.2, 0) is 0 Å². The number of hydrogen-bond acceptors (Lipinski definition) is 4. The minimum absolute atomic E-state index is 0.329. The highest BCUT2D eigenvalue weighted by molar-refractivity contribution is 8.06. The minimum atomic E-state index is 0.329. The van der Waals surface area contributed by atoms with E-state index in [1.54, 1.807) is 0 Å². The predicted molar refractivity (Wildman–Crippen MR) is 62.8 cm³/mol. The Hall–Kier alpha value is 0.620. The number of aliphatic hydroxyl groups is 1. The third-order valence-electron chi connectivity index (χ3n) is 2.02. The van der Waals surface area contributed by atoms with Gasteiger partial charge in [0, 0.05) is 35.7 Å². The molecule has 78 valence electrons. The van der Waals surface area contributed by atoms with Crippen molar-refractivity contribution < 1.29 is 5.11 Å². The summed E-state index contributed by atoms with van der Waals surface area (Å²) in [6.07, 6.45) is 2.03. The molecule has 0 spiro atoms. The fourth-order valence-corrected chi connectivity index (χ4v) is 3.93. The van der Waals surface area contributed by atoms with E-state index in [0.717, 1.165) is 31.2 Å². The highest BCUT2D eigenvalue weighted by Crippen LogP contribution is 2.23. The molecule has 0 saturated carbocycles. The zero-order valence-corrected chi connectivity index (χ0v) is 9.63. The highest BCUT2D eigenvalue weighted by atomic mass is 32.2. The summed E-state index contributed by atoms with van der Waals surface area (Å²) in [5.74, 6) is 3.94. The molecule has 4 heteroatoms. The first kappa shape index (κ1) is 11.7. The summed E-state index contributed by atoms with van der Waals surface area (Å²) in [7, 11) is 0. The molecule has 0 amide bonds. The van der Waals surface area contributed by atoms with Gasteiger partial charge in [-0.3, -0.25) is 0 Å². The van der Waals surface area contributed by atoms with Crippen LogP contribution in [0.2, 0.25) is 0 Å². The molecule has 1 fully saturated rings. The van der Waals surface area contributed by atoms with Crippen LogP contribution in [0.15, 0.2) is 0 Å². The molecule has 1 heterocycles. The topological polar surface area (TPSA) is 32.3 Å². The van der Waals surface area contributed by atoms with Crippen LogP contribution in [0.4, 0.5) is 0 Å². The average Bonchev–Trinajstić information content (AvgIpc) is 2.19. The van der Waals surface area contributed by atoms with Gasteiger partial charge in [0.25, 0.3) is 0 Å². The summed E-state index contributed by atoms with van der Waals surface area (Å²) in [6.45, 7) is 2.53. The largest absolute Gasteiger partial charge is 0.396 e. The van der Waals surface area contributed by atoms with Gasteiger partial charge < -0.3 is 10.4 Å². The van der Waals surface area contributed by atoms with Crippen molar-refractivity contribution in [2.45, 2.75) is 18.1 Å². The lowest BCUT2D eigenvalue weighted by Gasteiger charge is -2.21. The van der Waals surface area contributed by atoms with Gasteiger partial charge in [0.05, 0.1) is 0 Å². The summed E-state index contributed by atoms with van der Waals surface area (Å²) >= 11 is 4.16. The molecule has 0 radical (unpaired) electrons. The Morgan fingerprint density at radius 3 is 2.92 bits per heavy atom. The maximum absolute atomic E-state index is 8.58. The average molecular weight is 221 g/mol. The summed E-state index contributed by atoms with van der Waals surface area (Å²) in [6, 6.07) is 0. The first-order valence-corrected chi connectivity index (χ1v) is 7.15. The lowest BCUT2D eigenvalue weighted by Crippen LogP contribution is -2.29. The molecule has 1 aliphatic heterocycles. The van der Waals surface area contributed by atoms with E-state index in [1.165, 1.54) is 17.3 Å². The molecule has 0 aromatic carbocycles. The van der Waals surface area contributed by atoms with E-state index < -0.39 is 0 Å². The molecule has 1 unspecified atom stereocenters. The van der Waals surface area contributed by atoms with Gasteiger partial charge in [-0.15, -0.1) is 0 Å². The van der Waals surface area contributed by atoms with Crippen molar-refractivity contribution in [3.63, 3.8) is 0 Å². The van der Waals surface area contributed by atoms with Crippen molar-refractivity contribution in [1.29, 1.82) is 0 Å². The Bertz CT molecular complexity index is 118. The van der Waals surface area contributed by atoms with Crippen molar-refractivity contribution in [3.8, 4) is 0 Å². The van der Waals surface area contributed by atoms with Gasteiger partial charge in [-0.05, 0) is 19.4 Å². The van der Waals surface area contributed by atoms with E-state index in [2.05, 4.69) is 28.8 Å². The summed E-state index contributed by atoms with van der Waals surface area (Å²) in [4.78, 5) is 0. The molecular formula is C9H19NOS2. The SMILES string of the molecule is OCCCCNCC1CSCCS1. The van der Waals surface area contributed by atoms with E-state index in [0.29, 0.717) is 6.61 Å². The second kappa shape index (κ2) is 7.97. The number of unbranched alkanes of at least 4 members (excludes halogenated alkanes) is 1. The third-order valence-corrected chi connectivity index (χ3v) is 4.86. The van der Waals surface area contributed by atoms with Gasteiger partial charge >= 0.3 is 0 Å². The summed E-state index contributed by atoms with van der Waals surface area (Å²) in [5.41, 5.74) is 0. The van der Waals surface area contributed by atoms with Crippen LogP contribution in [0.5, 0.6) is 0 Å². The molecule has 0 aliphatic carbocycles. The number of aliphatic hydroxyl groups excluding tert-OH is 1. The summed E-state index contributed by atoms with van der Waals surface area (Å²) < 4.78 is 0. The molecule has 1 atom stereocenters. The number of rotatable bonds is 6. The molecule has 13 heavy (non-hydrogen) atoms. The Morgan fingerprint density at radius 2 is 2.23 bits per heavy atom. The summed E-state index contributed by atoms with van der Waals surface area (Å²) in [5, 5.41) is 12.8. The van der Waals surface area contributed by atoms with Crippen molar-refractivity contribution in [2.24, 2.45) is 0 Å². The van der Waals surface area contributed by atoms with Gasteiger partial charge in [0.1, 0.15) is 0 Å². The van der Waals surface area contributed by atoms with E-state index >= 15 is 0 Å². The quantitative estimate of drug-likeness (QED) is 0.660. The number of hydrogen-bond donors (Lipinski definition) is 2. The van der Waals surface area contributed by atoms with Crippen LogP contribution in [0, 0.1) is 0 Å². The van der Waals surface area contributed by atoms with Crippen LogP contribution in [0.1, 0.15) is 12.8 Å². The van der Waals surface area contributed by atoms with E-state index in [1.807, 2.05) is 0 Å². The monoisotopic (exact) mass is 221 g/mol. The minimum Gasteiger partial charge on any atom is -0.396 e. The number of nitrogens with one attached hydrogen (secondary N) is 1. The van der Waals surface area contributed by atoms with E-state index in [4.69, 9.17) is 5.11 Å². The molecule has 0 aromatic rings. The molecule has 1 saturated heterocycles. The second-order valence-electron chi connectivity index (χ2n) is 3.20. The van der Waals surface area contributed by atoms with Gasteiger partial charge in [-0.1, -0.05) is 0 Å². The van der Waals surface area contributed by atoms with E-state index in [9.17, 15) is 0 Å². The smallest absolute Gasteiger partial charge is 0.0431 e. The standard InChI is InChI=1S/C9H19NOS2/c11-4-2-1-3-10-7-9-8-12-5-6-13-9/h9-11H,1-8H2. The molecule has 1 rings (SSSR count). The normalized spacial score (nSPS) is 23.3.